The average molecular weight is 329 g/mol. The van der Waals surface area contributed by atoms with Gasteiger partial charge in [0.1, 0.15) is 0 Å². The standard InChI is InChI=1S/C19H31N5/c1-16-15-18(16)22-19(20-2)21-9-6-10-23-11-13-24(14-12-23)17-7-4-3-5-8-17/h3-5,7-8,16,18H,6,9-15H2,1-2H3,(H2,20,21,22). The average Bonchev–Trinajstić information content (AvgIpc) is 3.33. The number of nitrogens with zero attached hydrogens (tertiary/aromatic N) is 3. The van der Waals surface area contributed by atoms with Gasteiger partial charge in [-0.2, -0.15) is 0 Å². The zero-order valence-electron chi connectivity index (χ0n) is 15.0. The highest BCUT2D eigenvalue weighted by molar-refractivity contribution is 5.80. The second-order valence-corrected chi connectivity index (χ2v) is 6.98. The fourth-order valence-corrected chi connectivity index (χ4v) is 3.27. The van der Waals surface area contributed by atoms with Gasteiger partial charge in [-0.3, -0.25) is 9.89 Å². The van der Waals surface area contributed by atoms with Gasteiger partial charge in [0.2, 0.25) is 0 Å². The second-order valence-electron chi connectivity index (χ2n) is 6.98. The van der Waals surface area contributed by atoms with Gasteiger partial charge in [-0.25, -0.2) is 0 Å². The molecule has 2 fully saturated rings. The highest BCUT2D eigenvalue weighted by Crippen LogP contribution is 2.28. The van der Waals surface area contributed by atoms with Crippen molar-refractivity contribution in [3.63, 3.8) is 0 Å². The molecule has 0 spiro atoms. The molecule has 1 heterocycles. The Labute approximate surface area is 146 Å². The van der Waals surface area contributed by atoms with Crippen LogP contribution in [0, 0.1) is 5.92 Å². The fourth-order valence-electron chi connectivity index (χ4n) is 3.27. The van der Waals surface area contributed by atoms with E-state index in [1.165, 1.54) is 12.1 Å². The summed E-state index contributed by atoms with van der Waals surface area (Å²) in [5.41, 5.74) is 1.35. The zero-order chi connectivity index (χ0) is 16.8. The SMILES string of the molecule is CN=C(NCCCN1CCN(c2ccccc2)CC1)NC1CC1C. The van der Waals surface area contributed by atoms with E-state index < -0.39 is 0 Å². The molecule has 2 aliphatic rings. The summed E-state index contributed by atoms with van der Waals surface area (Å²) in [4.78, 5) is 9.36. The maximum Gasteiger partial charge on any atom is 0.191 e. The van der Waals surface area contributed by atoms with Crippen molar-refractivity contribution in [1.29, 1.82) is 0 Å². The van der Waals surface area contributed by atoms with Crippen LogP contribution in [0.15, 0.2) is 35.3 Å². The van der Waals surface area contributed by atoms with Crippen LogP contribution in [-0.4, -0.2) is 63.2 Å². The number of piperazine rings is 1. The monoisotopic (exact) mass is 329 g/mol. The van der Waals surface area contributed by atoms with E-state index >= 15 is 0 Å². The highest BCUT2D eigenvalue weighted by atomic mass is 15.3. The minimum atomic E-state index is 0.627. The number of para-hydroxylation sites is 1. The van der Waals surface area contributed by atoms with Gasteiger partial charge in [0.15, 0.2) is 5.96 Å². The fraction of sp³-hybridized carbons (Fsp3) is 0.632. The topological polar surface area (TPSA) is 42.9 Å². The van der Waals surface area contributed by atoms with E-state index in [-0.39, 0.29) is 0 Å². The third-order valence-electron chi connectivity index (χ3n) is 5.09. The van der Waals surface area contributed by atoms with Crippen LogP contribution in [0.1, 0.15) is 19.8 Å². The van der Waals surface area contributed by atoms with Crippen molar-refractivity contribution in [3.8, 4) is 0 Å². The summed E-state index contributed by atoms with van der Waals surface area (Å²) in [7, 11) is 1.85. The maximum atomic E-state index is 4.30. The lowest BCUT2D eigenvalue weighted by molar-refractivity contribution is 0.255. The number of anilines is 1. The second kappa shape index (κ2) is 8.38. The molecule has 1 saturated heterocycles. The minimum Gasteiger partial charge on any atom is -0.369 e. The third kappa shape index (κ3) is 4.87. The number of guanidine groups is 1. The van der Waals surface area contributed by atoms with E-state index in [0.29, 0.717) is 6.04 Å². The minimum absolute atomic E-state index is 0.627. The van der Waals surface area contributed by atoms with Crippen LogP contribution in [0.5, 0.6) is 0 Å². The molecule has 1 aliphatic heterocycles. The molecule has 2 atom stereocenters. The van der Waals surface area contributed by atoms with Gasteiger partial charge in [-0.05, 0) is 37.4 Å². The summed E-state index contributed by atoms with van der Waals surface area (Å²) in [5, 5.41) is 6.91. The van der Waals surface area contributed by atoms with Crippen molar-refractivity contribution in [3.05, 3.63) is 30.3 Å². The molecular formula is C19H31N5. The number of hydrogen-bond donors (Lipinski definition) is 2. The van der Waals surface area contributed by atoms with Crippen molar-refractivity contribution in [2.75, 3.05) is 51.2 Å². The van der Waals surface area contributed by atoms with Crippen molar-refractivity contribution < 1.29 is 0 Å². The van der Waals surface area contributed by atoms with Crippen LogP contribution < -0.4 is 15.5 Å². The van der Waals surface area contributed by atoms with E-state index in [4.69, 9.17) is 0 Å². The van der Waals surface area contributed by atoms with Gasteiger partial charge < -0.3 is 15.5 Å². The van der Waals surface area contributed by atoms with Crippen LogP contribution in [0.25, 0.3) is 0 Å². The van der Waals surface area contributed by atoms with Crippen molar-refractivity contribution >= 4 is 11.6 Å². The molecule has 3 rings (SSSR count). The smallest absolute Gasteiger partial charge is 0.191 e. The lowest BCUT2D eigenvalue weighted by Gasteiger charge is -2.36. The van der Waals surface area contributed by atoms with Gasteiger partial charge in [-0.1, -0.05) is 25.1 Å². The first-order valence-corrected chi connectivity index (χ1v) is 9.26. The predicted molar refractivity (Wildman–Crippen MR) is 102 cm³/mol. The maximum absolute atomic E-state index is 4.30. The van der Waals surface area contributed by atoms with Crippen molar-refractivity contribution in [2.45, 2.75) is 25.8 Å². The lowest BCUT2D eigenvalue weighted by Crippen LogP contribution is -2.47. The quantitative estimate of drug-likeness (QED) is 0.474. The van der Waals surface area contributed by atoms with Gasteiger partial charge in [0, 0.05) is 51.5 Å². The van der Waals surface area contributed by atoms with Gasteiger partial charge in [-0.15, -0.1) is 0 Å². The Morgan fingerprint density at radius 3 is 2.50 bits per heavy atom. The number of aliphatic imine (C=N–C) groups is 1. The Hall–Kier alpha value is -1.75. The molecule has 0 radical (unpaired) electrons. The number of rotatable bonds is 6. The largest absolute Gasteiger partial charge is 0.369 e. The molecule has 2 unspecified atom stereocenters. The summed E-state index contributed by atoms with van der Waals surface area (Å²) >= 11 is 0. The van der Waals surface area contributed by atoms with E-state index in [9.17, 15) is 0 Å². The van der Waals surface area contributed by atoms with E-state index in [2.05, 4.69) is 62.7 Å². The Morgan fingerprint density at radius 1 is 1.17 bits per heavy atom. The van der Waals surface area contributed by atoms with E-state index in [1.54, 1.807) is 0 Å². The van der Waals surface area contributed by atoms with Crippen LogP contribution in [-0.2, 0) is 0 Å². The Bertz CT molecular complexity index is 522. The molecule has 1 aromatic rings. The normalized spacial score (nSPS) is 24.8. The van der Waals surface area contributed by atoms with Crippen LogP contribution in [0.4, 0.5) is 5.69 Å². The van der Waals surface area contributed by atoms with Gasteiger partial charge >= 0.3 is 0 Å². The summed E-state index contributed by atoms with van der Waals surface area (Å²) < 4.78 is 0. The van der Waals surface area contributed by atoms with Gasteiger partial charge in [0.05, 0.1) is 0 Å². The molecule has 5 nitrogen and oxygen atoms in total. The molecule has 0 bridgehead atoms. The Kier molecular flexibility index (Phi) is 5.96. The molecule has 2 N–H and O–H groups in total. The summed E-state index contributed by atoms with van der Waals surface area (Å²) in [6, 6.07) is 11.4. The molecule has 5 heteroatoms. The third-order valence-corrected chi connectivity index (χ3v) is 5.09. The molecule has 0 amide bonds. The summed E-state index contributed by atoms with van der Waals surface area (Å²) in [6.45, 7) is 8.98. The first kappa shape index (κ1) is 17.1. The summed E-state index contributed by atoms with van der Waals surface area (Å²) in [5.74, 6) is 1.75. The molecule has 24 heavy (non-hydrogen) atoms. The molecule has 0 aromatic heterocycles. The van der Waals surface area contributed by atoms with E-state index in [1.807, 2.05) is 7.05 Å². The number of benzene rings is 1. The predicted octanol–water partition coefficient (Wildman–Crippen LogP) is 1.77. The van der Waals surface area contributed by atoms with Crippen LogP contribution in [0.2, 0.25) is 0 Å². The number of nitrogens with one attached hydrogen (secondary N) is 2. The molecule has 1 aliphatic carbocycles. The van der Waals surface area contributed by atoms with Crippen molar-refractivity contribution in [1.82, 2.24) is 15.5 Å². The van der Waals surface area contributed by atoms with Gasteiger partial charge in [0.25, 0.3) is 0 Å². The zero-order valence-corrected chi connectivity index (χ0v) is 15.0. The van der Waals surface area contributed by atoms with Crippen LogP contribution >= 0.6 is 0 Å². The highest BCUT2D eigenvalue weighted by Gasteiger charge is 2.33. The molecule has 132 valence electrons. The van der Waals surface area contributed by atoms with Crippen LogP contribution in [0.3, 0.4) is 0 Å². The first-order chi connectivity index (χ1) is 11.8. The van der Waals surface area contributed by atoms with Crippen molar-refractivity contribution in [2.24, 2.45) is 10.9 Å². The molecule has 1 saturated carbocycles. The Morgan fingerprint density at radius 2 is 1.88 bits per heavy atom. The Balaban J connectivity index is 1.29. The number of hydrogen-bond acceptors (Lipinski definition) is 3. The first-order valence-electron chi connectivity index (χ1n) is 9.26. The van der Waals surface area contributed by atoms with E-state index in [0.717, 1.165) is 57.6 Å². The molecular weight excluding hydrogens is 298 g/mol. The summed E-state index contributed by atoms with van der Waals surface area (Å²) in [6.07, 6.45) is 2.43. The lowest BCUT2D eigenvalue weighted by atomic mass is 10.2. The molecule has 1 aromatic carbocycles.